The highest BCUT2D eigenvalue weighted by Gasteiger charge is 2.61. The van der Waals surface area contributed by atoms with Gasteiger partial charge in [0.25, 0.3) is 0 Å². The first-order chi connectivity index (χ1) is 10.4. The van der Waals surface area contributed by atoms with Gasteiger partial charge < -0.3 is 16.5 Å². The highest BCUT2D eigenvalue weighted by molar-refractivity contribution is 6.94. The Balaban J connectivity index is 1.68. The highest BCUT2D eigenvalue weighted by atomic mass is 28.5. The molecule has 0 radical (unpaired) electrons. The molecule has 4 rings (SSSR count). The third-order valence-corrected chi connectivity index (χ3v) is 25.3. The second-order valence-corrected chi connectivity index (χ2v) is 22.7. The summed E-state index contributed by atoms with van der Waals surface area (Å²) in [5.74, 6) is 0. The minimum atomic E-state index is -2.12. The second-order valence-electron chi connectivity index (χ2n) is 8.16. The fraction of sp³-hybridized carbons (Fsp3) is 1.00. The maximum Gasteiger partial charge on any atom is 0.320 e. The van der Waals surface area contributed by atoms with Gasteiger partial charge in [-0.05, 0) is 49.4 Å². The van der Waals surface area contributed by atoms with Crippen LogP contribution >= 0.6 is 0 Å². The van der Waals surface area contributed by atoms with Crippen LogP contribution in [0, 0.1) is 0 Å². The lowest BCUT2D eigenvalue weighted by atomic mass is 10.4. The minimum absolute atomic E-state index is 1.18. The molecule has 22 heavy (non-hydrogen) atoms. The topological polar surface area (TPSA) is 36.9 Å². The Morgan fingerprint density at radius 3 is 1.05 bits per heavy atom. The predicted octanol–water partition coefficient (Wildman–Crippen LogP) is 4.48. The van der Waals surface area contributed by atoms with Gasteiger partial charge in [-0.15, -0.1) is 0 Å². The lowest BCUT2D eigenvalue weighted by Crippen LogP contribution is -2.67. The van der Waals surface area contributed by atoms with Crippen LogP contribution in [-0.2, 0) is 16.5 Å². The minimum Gasteiger partial charge on any atom is -0.416 e. The monoisotopic (exact) mass is 374 g/mol. The summed E-state index contributed by atoms with van der Waals surface area (Å²) < 4.78 is 27.7. The van der Waals surface area contributed by atoms with Crippen molar-refractivity contribution in [3.05, 3.63) is 0 Å². The first-order valence-corrected chi connectivity index (χ1v) is 18.8. The molecule has 0 aromatic heterocycles. The maximum atomic E-state index is 7.03. The zero-order valence-electron chi connectivity index (χ0n) is 14.1. The van der Waals surface area contributed by atoms with E-state index in [0.717, 1.165) is 0 Å². The standard InChI is InChI=1S/C14H30O4Si4/c1-19(2)15-20(9-3-4-10-20)17-22(13-7-8-14-22)18-21(16-19)11-5-6-12-21/h3-14H2,1-2H3. The Morgan fingerprint density at radius 2 is 0.727 bits per heavy atom. The third kappa shape index (κ3) is 3.01. The summed E-state index contributed by atoms with van der Waals surface area (Å²) in [6.45, 7) is 4.49. The van der Waals surface area contributed by atoms with Crippen LogP contribution in [0.4, 0.5) is 0 Å². The van der Waals surface area contributed by atoms with Crippen LogP contribution < -0.4 is 0 Å². The molecule has 3 spiro atoms. The Hall–Kier alpha value is 0.708. The van der Waals surface area contributed by atoms with Gasteiger partial charge in [0.2, 0.25) is 0 Å². The number of hydrogen-bond donors (Lipinski definition) is 0. The van der Waals surface area contributed by atoms with Crippen molar-refractivity contribution >= 4 is 34.2 Å². The zero-order valence-corrected chi connectivity index (χ0v) is 18.1. The van der Waals surface area contributed by atoms with Gasteiger partial charge in [-0.1, -0.05) is 38.5 Å². The van der Waals surface area contributed by atoms with E-state index in [0.29, 0.717) is 0 Å². The van der Waals surface area contributed by atoms with Gasteiger partial charge in [-0.2, -0.15) is 0 Å². The molecule has 126 valence electrons. The van der Waals surface area contributed by atoms with E-state index in [1.54, 1.807) is 0 Å². The molecule has 0 saturated carbocycles. The van der Waals surface area contributed by atoms with Crippen molar-refractivity contribution in [2.24, 2.45) is 0 Å². The van der Waals surface area contributed by atoms with Crippen LogP contribution in [0.15, 0.2) is 0 Å². The number of rotatable bonds is 0. The lowest BCUT2D eigenvalue weighted by Gasteiger charge is -2.49. The van der Waals surface area contributed by atoms with Gasteiger partial charge in [0.1, 0.15) is 0 Å². The van der Waals surface area contributed by atoms with Crippen LogP contribution in [0.5, 0.6) is 0 Å². The van der Waals surface area contributed by atoms with E-state index in [1.807, 2.05) is 0 Å². The molecule has 4 aliphatic rings. The van der Waals surface area contributed by atoms with E-state index in [-0.39, 0.29) is 0 Å². The first-order valence-electron chi connectivity index (χ1n) is 9.25. The molecule has 4 fully saturated rings. The Kier molecular flexibility index (Phi) is 4.13. The van der Waals surface area contributed by atoms with Crippen LogP contribution in [0.25, 0.3) is 0 Å². The molecule has 0 aromatic carbocycles. The predicted molar refractivity (Wildman–Crippen MR) is 95.6 cm³/mol. The molecule has 0 bridgehead atoms. The summed E-state index contributed by atoms with van der Waals surface area (Å²) in [6.07, 6.45) is 7.71. The van der Waals surface area contributed by atoms with Gasteiger partial charge >= 0.3 is 34.2 Å². The SMILES string of the molecule is C[Si]1(C)O[Si]2(CCCC2)O[Si]2(CCCC2)O[Si]2(CCCC2)O1. The second kappa shape index (κ2) is 5.62. The quantitative estimate of drug-likeness (QED) is 0.586. The molecule has 0 amide bonds. The van der Waals surface area contributed by atoms with Gasteiger partial charge in [0, 0.05) is 0 Å². The molecular weight excluding hydrogens is 344 g/mol. The van der Waals surface area contributed by atoms with Crippen LogP contribution in [0.2, 0.25) is 49.4 Å². The molecule has 0 unspecified atom stereocenters. The van der Waals surface area contributed by atoms with Crippen molar-refractivity contribution in [2.75, 3.05) is 0 Å². The molecule has 4 saturated heterocycles. The van der Waals surface area contributed by atoms with Crippen LogP contribution in [0.3, 0.4) is 0 Å². The largest absolute Gasteiger partial charge is 0.416 e. The molecule has 4 aliphatic heterocycles. The maximum absolute atomic E-state index is 7.03. The summed E-state index contributed by atoms with van der Waals surface area (Å²) in [4.78, 5) is 0. The molecule has 4 heterocycles. The number of hydrogen-bond acceptors (Lipinski definition) is 4. The smallest absolute Gasteiger partial charge is 0.320 e. The van der Waals surface area contributed by atoms with Crippen molar-refractivity contribution in [1.82, 2.24) is 0 Å². The van der Waals surface area contributed by atoms with Gasteiger partial charge in [-0.3, -0.25) is 0 Å². The average molecular weight is 375 g/mol. The molecule has 0 aromatic rings. The van der Waals surface area contributed by atoms with Crippen molar-refractivity contribution in [2.45, 2.75) is 87.9 Å². The lowest BCUT2D eigenvalue weighted by molar-refractivity contribution is 0.225. The fourth-order valence-electron chi connectivity index (χ4n) is 5.01. The molecule has 0 N–H and O–H groups in total. The zero-order chi connectivity index (χ0) is 15.3. The summed E-state index contributed by atoms with van der Waals surface area (Å²) in [5.41, 5.74) is 0. The van der Waals surface area contributed by atoms with E-state index in [1.165, 1.54) is 74.8 Å². The normalized spacial score (nSPS) is 35.2. The van der Waals surface area contributed by atoms with E-state index in [9.17, 15) is 0 Å². The fourth-order valence-corrected chi connectivity index (χ4v) is 30.1. The van der Waals surface area contributed by atoms with Gasteiger partial charge in [-0.25, -0.2) is 0 Å². The summed E-state index contributed by atoms with van der Waals surface area (Å²) in [5, 5.41) is 0. The van der Waals surface area contributed by atoms with Crippen molar-refractivity contribution in [1.29, 1.82) is 0 Å². The summed E-state index contributed by atoms with van der Waals surface area (Å²) in [6, 6.07) is 7.12. The van der Waals surface area contributed by atoms with E-state index >= 15 is 0 Å². The Labute approximate surface area is 138 Å². The van der Waals surface area contributed by atoms with Gasteiger partial charge in [0.05, 0.1) is 0 Å². The molecule has 4 nitrogen and oxygen atoms in total. The highest BCUT2D eigenvalue weighted by Crippen LogP contribution is 2.48. The van der Waals surface area contributed by atoms with Crippen molar-refractivity contribution in [3.63, 3.8) is 0 Å². The van der Waals surface area contributed by atoms with Crippen LogP contribution in [0.1, 0.15) is 38.5 Å². The third-order valence-electron chi connectivity index (χ3n) is 5.70. The Morgan fingerprint density at radius 1 is 0.455 bits per heavy atom. The summed E-state index contributed by atoms with van der Waals surface area (Å²) >= 11 is 0. The van der Waals surface area contributed by atoms with Crippen LogP contribution in [-0.4, -0.2) is 34.2 Å². The van der Waals surface area contributed by atoms with Crippen molar-refractivity contribution < 1.29 is 16.5 Å². The Bertz CT molecular complexity index is 395. The summed E-state index contributed by atoms with van der Waals surface area (Å²) in [7, 11) is -8.26. The molecule has 8 heteroatoms. The average Bonchev–Trinajstić information content (AvgIpc) is 3.11. The van der Waals surface area contributed by atoms with Gasteiger partial charge in [0.15, 0.2) is 0 Å². The molecular formula is C14H30O4Si4. The molecule has 0 atom stereocenters. The van der Waals surface area contributed by atoms with E-state index in [2.05, 4.69) is 13.1 Å². The van der Waals surface area contributed by atoms with E-state index < -0.39 is 34.2 Å². The van der Waals surface area contributed by atoms with E-state index in [4.69, 9.17) is 16.5 Å². The first kappa shape index (κ1) is 16.2. The molecule has 0 aliphatic carbocycles. The van der Waals surface area contributed by atoms with Crippen molar-refractivity contribution in [3.8, 4) is 0 Å².